The molecule has 0 aromatic carbocycles. The molecule has 7 heteroatoms. The third-order valence-corrected chi connectivity index (χ3v) is 4.15. The lowest BCUT2D eigenvalue weighted by Crippen LogP contribution is -2.36. The van der Waals surface area contributed by atoms with Crippen LogP contribution in [-0.4, -0.2) is 28.2 Å². The van der Waals surface area contributed by atoms with Crippen LogP contribution in [0.3, 0.4) is 0 Å². The summed E-state index contributed by atoms with van der Waals surface area (Å²) in [6.07, 6.45) is 4.51. The second-order valence-corrected chi connectivity index (χ2v) is 7.07. The lowest BCUT2D eigenvalue weighted by Gasteiger charge is -2.25. The smallest absolute Gasteiger partial charge is 0.415 e. The van der Waals surface area contributed by atoms with Crippen molar-refractivity contribution in [3.05, 3.63) is 42.3 Å². The summed E-state index contributed by atoms with van der Waals surface area (Å²) in [6, 6.07) is 3.71. The molecule has 0 aliphatic carbocycles. The van der Waals surface area contributed by atoms with Crippen LogP contribution in [0.15, 0.2) is 37.2 Å². The van der Waals surface area contributed by atoms with Gasteiger partial charge in [0.05, 0.1) is 0 Å². The van der Waals surface area contributed by atoms with Gasteiger partial charge in [-0.05, 0) is 32.9 Å². The zero-order valence-electron chi connectivity index (χ0n) is 13.2. The molecule has 0 atom stereocenters. The Kier molecular flexibility index (Phi) is 5.38. The minimum atomic E-state index is -0.597. The van der Waals surface area contributed by atoms with Crippen molar-refractivity contribution < 1.29 is 9.53 Å². The molecule has 2 aromatic rings. The molecule has 0 aliphatic rings. The molecule has 1 amide bonds. The molecule has 122 valence electrons. The summed E-state index contributed by atoms with van der Waals surface area (Å²) in [5.74, 6) is 0. The number of carbonyl (C=O) groups is 1. The van der Waals surface area contributed by atoms with Crippen LogP contribution in [0.2, 0.25) is 5.15 Å². The summed E-state index contributed by atoms with van der Waals surface area (Å²) >= 11 is 7.55. The van der Waals surface area contributed by atoms with Gasteiger partial charge in [-0.3, -0.25) is 9.88 Å². The van der Waals surface area contributed by atoms with Crippen molar-refractivity contribution in [2.75, 3.05) is 11.4 Å². The van der Waals surface area contributed by atoms with Gasteiger partial charge in [0, 0.05) is 24.5 Å². The van der Waals surface area contributed by atoms with Crippen molar-refractivity contribution in [3.8, 4) is 10.6 Å². The van der Waals surface area contributed by atoms with Gasteiger partial charge >= 0.3 is 6.09 Å². The maximum absolute atomic E-state index is 12.4. The first-order valence-electron chi connectivity index (χ1n) is 7.00. The Morgan fingerprint density at radius 2 is 2.26 bits per heavy atom. The average molecular weight is 352 g/mol. The minimum absolute atomic E-state index is 0.251. The van der Waals surface area contributed by atoms with Gasteiger partial charge in [0.15, 0.2) is 5.15 Å². The lowest BCUT2D eigenvalue weighted by atomic mass is 10.2. The van der Waals surface area contributed by atoms with Gasteiger partial charge < -0.3 is 4.74 Å². The molecule has 0 fully saturated rings. The number of carbonyl (C=O) groups excluding carboxylic acids is 1. The van der Waals surface area contributed by atoms with Gasteiger partial charge in [-0.1, -0.05) is 29.0 Å². The van der Waals surface area contributed by atoms with Gasteiger partial charge in [0.2, 0.25) is 0 Å². The van der Waals surface area contributed by atoms with E-state index in [1.54, 1.807) is 18.5 Å². The number of hydrogen-bond acceptors (Lipinski definition) is 5. The van der Waals surface area contributed by atoms with E-state index in [1.807, 2.05) is 32.9 Å². The Hall–Kier alpha value is -1.92. The first kappa shape index (κ1) is 17.4. The number of rotatable bonds is 4. The van der Waals surface area contributed by atoms with E-state index in [4.69, 9.17) is 16.3 Å². The predicted octanol–water partition coefficient (Wildman–Crippen LogP) is 4.79. The number of thiazole rings is 1. The molecule has 0 bridgehead atoms. The van der Waals surface area contributed by atoms with Crippen molar-refractivity contribution in [2.45, 2.75) is 26.4 Å². The maximum Gasteiger partial charge on any atom is 0.415 e. The summed E-state index contributed by atoms with van der Waals surface area (Å²) in [6.45, 7) is 9.40. The van der Waals surface area contributed by atoms with Crippen LogP contribution in [0.4, 0.5) is 9.80 Å². The van der Waals surface area contributed by atoms with Crippen molar-refractivity contribution >= 4 is 34.0 Å². The summed E-state index contributed by atoms with van der Waals surface area (Å²) in [7, 11) is 0. The quantitative estimate of drug-likeness (QED) is 0.743. The van der Waals surface area contributed by atoms with Gasteiger partial charge in [0.1, 0.15) is 15.6 Å². The minimum Gasteiger partial charge on any atom is -0.443 e. The highest BCUT2D eigenvalue weighted by atomic mass is 35.5. The molecule has 2 aromatic heterocycles. The molecule has 0 aliphatic heterocycles. The molecular formula is C16H18ClN3O2S. The highest BCUT2D eigenvalue weighted by Crippen LogP contribution is 2.38. The molecular weight excluding hydrogens is 334 g/mol. The van der Waals surface area contributed by atoms with Gasteiger partial charge in [-0.2, -0.15) is 0 Å². The average Bonchev–Trinajstić information content (AvgIpc) is 2.85. The number of amides is 1. The Bertz CT molecular complexity index is 695. The van der Waals surface area contributed by atoms with Crippen LogP contribution in [0.25, 0.3) is 10.6 Å². The van der Waals surface area contributed by atoms with Crippen LogP contribution < -0.4 is 4.90 Å². The van der Waals surface area contributed by atoms with E-state index in [0.717, 1.165) is 5.56 Å². The zero-order chi connectivity index (χ0) is 17.0. The lowest BCUT2D eigenvalue weighted by molar-refractivity contribution is 0.0585. The number of aromatic nitrogens is 2. The fourth-order valence-electron chi connectivity index (χ4n) is 1.76. The molecule has 0 saturated carbocycles. The third kappa shape index (κ3) is 4.53. The molecule has 2 heterocycles. The molecule has 5 nitrogen and oxygen atoms in total. The fourth-order valence-corrected chi connectivity index (χ4v) is 3.06. The van der Waals surface area contributed by atoms with Crippen LogP contribution >= 0.6 is 22.9 Å². The standard InChI is InChI=1S/C16H18ClN3O2S/c1-5-9-20(15(21)22-16(2,3)4)14-12(17)19-13(23-14)11-7-6-8-18-10-11/h5-8,10H,1,9H2,2-4H3. The van der Waals surface area contributed by atoms with Gasteiger partial charge in [-0.15, -0.1) is 6.58 Å². The highest BCUT2D eigenvalue weighted by Gasteiger charge is 2.26. The molecule has 0 radical (unpaired) electrons. The molecule has 0 spiro atoms. The highest BCUT2D eigenvalue weighted by molar-refractivity contribution is 7.19. The molecule has 2 rings (SSSR count). The molecule has 23 heavy (non-hydrogen) atoms. The second kappa shape index (κ2) is 7.10. The Morgan fingerprint density at radius 1 is 1.52 bits per heavy atom. The Morgan fingerprint density at radius 3 is 2.83 bits per heavy atom. The molecule has 0 saturated heterocycles. The van der Waals surface area contributed by atoms with Crippen LogP contribution in [0.1, 0.15) is 20.8 Å². The van der Waals surface area contributed by atoms with Crippen LogP contribution in [0.5, 0.6) is 0 Å². The van der Waals surface area contributed by atoms with Gasteiger partial charge in [0.25, 0.3) is 0 Å². The predicted molar refractivity (Wildman–Crippen MR) is 94.1 cm³/mol. The number of nitrogens with zero attached hydrogens (tertiary/aromatic N) is 3. The molecule has 0 N–H and O–H groups in total. The van der Waals surface area contributed by atoms with Crippen molar-refractivity contribution in [3.63, 3.8) is 0 Å². The Balaban J connectivity index is 2.35. The zero-order valence-corrected chi connectivity index (χ0v) is 14.8. The van der Waals surface area contributed by atoms with Gasteiger partial charge in [-0.25, -0.2) is 9.78 Å². The van der Waals surface area contributed by atoms with Crippen molar-refractivity contribution in [1.29, 1.82) is 0 Å². The number of hydrogen-bond donors (Lipinski definition) is 0. The number of pyridine rings is 1. The van der Waals surface area contributed by atoms with E-state index >= 15 is 0 Å². The largest absolute Gasteiger partial charge is 0.443 e. The number of anilines is 1. The summed E-state index contributed by atoms with van der Waals surface area (Å²) in [5.41, 5.74) is 0.244. The normalized spacial score (nSPS) is 11.1. The first-order chi connectivity index (χ1) is 10.8. The monoisotopic (exact) mass is 351 g/mol. The fraction of sp³-hybridized carbons (Fsp3) is 0.312. The van der Waals surface area contributed by atoms with Crippen LogP contribution in [-0.2, 0) is 4.74 Å². The van der Waals surface area contributed by atoms with E-state index in [-0.39, 0.29) is 11.7 Å². The number of ether oxygens (including phenoxy) is 1. The van der Waals surface area contributed by atoms with E-state index in [2.05, 4.69) is 16.5 Å². The summed E-state index contributed by atoms with van der Waals surface area (Å²) in [4.78, 5) is 22.2. The van der Waals surface area contributed by atoms with Crippen molar-refractivity contribution in [1.82, 2.24) is 9.97 Å². The third-order valence-electron chi connectivity index (χ3n) is 2.65. The summed E-state index contributed by atoms with van der Waals surface area (Å²) in [5, 5.41) is 1.47. The SMILES string of the molecule is C=CCN(C(=O)OC(C)(C)C)c1sc(-c2cccnc2)nc1Cl. The second-order valence-electron chi connectivity index (χ2n) is 5.74. The first-order valence-corrected chi connectivity index (χ1v) is 8.19. The van der Waals surface area contributed by atoms with E-state index in [0.29, 0.717) is 10.0 Å². The van der Waals surface area contributed by atoms with E-state index < -0.39 is 11.7 Å². The molecule has 0 unspecified atom stereocenters. The van der Waals surface area contributed by atoms with E-state index in [9.17, 15) is 4.79 Å². The topological polar surface area (TPSA) is 55.3 Å². The Labute approximate surface area is 144 Å². The maximum atomic E-state index is 12.4. The summed E-state index contributed by atoms with van der Waals surface area (Å²) < 4.78 is 5.42. The van der Waals surface area contributed by atoms with Crippen LogP contribution in [0, 0.1) is 0 Å². The van der Waals surface area contributed by atoms with Crippen molar-refractivity contribution in [2.24, 2.45) is 0 Å². The van der Waals surface area contributed by atoms with E-state index in [1.165, 1.54) is 16.2 Å². The number of halogens is 1.